The zero-order valence-corrected chi connectivity index (χ0v) is 11.1. The largest absolute Gasteiger partial charge is 0.506 e. The highest BCUT2D eigenvalue weighted by molar-refractivity contribution is 5.92. The van der Waals surface area contributed by atoms with Crippen LogP contribution < -0.4 is 11.1 Å². The van der Waals surface area contributed by atoms with Crippen molar-refractivity contribution in [2.75, 3.05) is 11.9 Å². The Labute approximate surface area is 108 Å². The summed E-state index contributed by atoms with van der Waals surface area (Å²) in [4.78, 5) is 11.8. The second kappa shape index (κ2) is 7.01. The smallest absolute Gasteiger partial charge is 0.224 e. The molecule has 0 saturated carbocycles. The number of aryl methyl sites for hydroxylation is 1. The van der Waals surface area contributed by atoms with E-state index in [0.29, 0.717) is 18.7 Å². The number of aromatic hydroxyl groups is 1. The fourth-order valence-corrected chi connectivity index (χ4v) is 1.76. The minimum Gasteiger partial charge on any atom is -0.506 e. The molecule has 1 aromatic carbocycles. The molecule has 0 aliphatic carbocycles. The molecule has 0 aliphatic rings. The van der Waals surface area contributed by atoms with Gasteiger partial charge in [-0.25, -0.2) is 0 Å². The van der Waals surface area contributed by atoms with Crippen LogP contribution in [-0.4, -0.2) is 17.6 Å². The molecule has 4 nitrogen and oxygen atoms in total. The molecule has 18 heavy (non-hydrogen) atoms. The number of hydrogen-bond donors (Lipinski definition) is 3. The third-order valence-electron chi connectivity index (χ3n) is 3.13. The number of nitrogens with two attached hydrogens (primary N) is 1. The van der Waals surface area contributed by atoms with E-state index in [-0.39, 0.29) is 17.6 Å². The van der Waals surface area contributed by atoms with Crippen molar-refractivity contribution in [2.24, 2.45) is 11.7 Å². The van der Waals surface area contributed by atoms with Crippen molar-refractivity contribution in [1.29, 1.82) is 0 Å². The van der Waals surface area contributed by atoms with Crippen molar-refractivity contribution in [3.05, 3.63) is 23.8 Å². The molecular weight excluding hydrogens is 228 g/mol. The normalized spacial score (nSPS) is 12.2. The molecule has 1 amide bonds. The predicted molar refractivity (Wildman–Crippen MR) is 73.6 cm³/mol. The number of phenols is 1. The molecule has 4 heteroatoms. The van der Waals surface area contributed by atoms with Gasteiger partial charge in [-0.3, -0.25) is 4.79 Å². The maximum absolute atomic E-state index is 11.8. The number of amides is 1. The molecule has 0 radical (unpaired) electrons. The number of benzene rings is 1. The molecule has 1 atom stereocenters. The van der Waals surface area contributed by atoms with Crippen LogP contribution in [0.2, 0.25) is 0 Å². The van der Waals surface area contributed by atoms with Crippen LogP contribution in [0.5, 0.6) is 5.75 Å². The zero-order valence-electron chi connectivity index (χ0n) is 11.1. The Balaban J connectivity index is 2.69. The average Bonchev–Trinajstić information content (AvgIpc) is 2.38. The van der Waals surface area contributed by atoms with Gasteiger partial charge in [-0.1, -0.05) is 26.3 Å². The Bertz CT molecular complexity index is 401. The molecule has 1 aromatic rings. The van der Waals surface area contributed by atoms with E-state index < -0.39 is 0 Å². The van der Waals surface area contributed by atoms with Crippen LogP contribution in [0.25, 0.3) is 0 Å². The minimum atomic E-state index is -0.101. The summed E-state index contributed by atoms with van der Waals surface area (Å²) in [7, 11) is 0. The second-order valence-electron chi connectivity index (χ2n) is 4.47. The zero-order chi connectivity index (χ0) is 13.5. The van der Waals surface area contributed by atoms with Gasteiger partial charge in [0.25, 0.3) is 0 Å². The molecule has 0 saturated heterocycles. The highest BCUT2D eigenvalue weighted by Gasteiger charge is 2.12. The van der Waals surface area contributed by atoms with Crippen molar-refractivity contribution in [2.45, 2.75) is 33.1 Å². The van der Waals surface area contributed by atoms with Crippen molar-refractivity contribution in [3.63, 3.8) is 0 Å². The van der Waals surface area contributed by atoms with Gasteiger partial charge in [-0.2, -0.15) is 0 Å². The first-order valence-electron chi connectivity index (χ1n) is 6.42. The van der Waals surface area contributed by atoms with Gasteiger partial charge < -0.3 is 16.2 Å². The van der Waals surface area contributed by atoms with Gasteiger partial charge >= 0.3 is 0 Å². The highest BCUT2D eigenvalue weighted by atomic mass is 16.3. The summed E-state index contributed by atoms with van der Waals surface area (Å²) in [5, 5.41) is 12.4. The van der Waals surface area contributed by atoms with E-state index >= 15 is 0 Å². The molecule has 100 valence electrons. The summed E-state index contributed by atoms with van der Waals surface area (Å²) in [6, 6.07) is 5.25. The summed E-state index contributed by atoms with van der Waals surface area (Å²) in [5.41, 5.74) is 7.13. The van der Waals surface area contributed by atoms with Crippen LogP contribution in [0, 0.1) is 5.92 Å². The first-order chi connectivity index (χ1) is 8.60. The topological polar surface area (TPSA) is 75.3 Å². The van der Waals surface area contributed by atoms with E-state index in [4.69, 9.17) is 5.73 Å². The fraction of sp³-hybridized carbons (Fsp3) is 0.500. The number of hydrogen-bond acceptors (Lipinski definition) is 3. The molecule has 1 rings (SSSR count). The standard InChI is InChI=1S/C14H22N2O2/c1-3-10-5-6-13(17)12(7-10)16-14(18)8-11(4-2)9-15/h5-7,11,17H,3-4,8-9,15H2,1-2H3,(H,16,18). The lowest BCUT2D eigenvalue weighted by molar-refractivity contribution is -0.117. The Morgan fingerprint density at radius 2 is 2.17 bits per heavy atom. The van der Waals surface area contributed by atoms with Crippen LogP contribution >= 0.6 is 0 Å². The van der Waals surface area contributed by atoms with Gasteiger partial charge in [0.2, 0.25) is 5.91 Å². The number of carbonyl (C=O) groups is 1. The van der Waals surface area contributed by atoms with E-state index in [1.54, 1.807) is 12.1 Å². The number of nitrogens with one attached hydrogen (secondary N) is 1. The van der Waals surface area contributed by atoms with E-state index in [1.807, 2.05) is 19.9 Å². The van der Waals surface area contributed by atoms with Crippen LogP contribution in [0.4, 0.5) is 5.69 Å². The quantitative estimate of drug-likeness (QED) is 0.678. The molecule has 0 spiro atoms. The highest BCUT2D eigenvalue weighted by Crippen LogP contribution is 2.25. The molecule has 1 unspecified atom stereocenters. The molecular formula is C14H22N2O2. The van der Waals surface area contributed by atoms with Gasteiger partial charge in [0, 0.05) is 6.42 Å². The molecule has 0 bridgehead atoms. The minimum absolute atomic E-state index is 0.0985. The van der Waals surface area contributed by atoms with Crippen LogP contribution in [-0.2, 0) is 11.2 Å². The lowest BCUT2D eigenvalue weighted by Gasteiger charge is -2.13. The first kappa shape index (κ1) is 14.5. The van der Waals surface area contributed by atoms with Crippen LogP contribution in [0.15, 0.2) is 18.2 Å². The van der Waals surface area contributed by atoms with Gasteiger partial charge in [0.05, 0.1) is 5.69 Å². The molecule has 0 aromatic heterocycles. The van der Waals surface area contributed by atoms with E-state index in [1.165, 1.54) is 0 Å². The third-order valence-corrected chi connectivity index (χ3v) is 3.13. The van der Waals surface area contributed by atoms with Gasteiger partial charge in [-0.05, 0) is 36.6 Å². The van der Waals surface area contributed by atoms with E-state index in [2.05, 4.69) is 5.32 Å². The van der Waals surface area contributed by atoms with Gasteiger partial charge in [-0.15, -0.1) is 0 Å². The summed E-state index contributed by atoms with van der Waals surface area (Å²) < 4.78 is 0. The number of phenolic OH excluding ortho intramolecular Hbond substituents is 1. The lowest BCUT2D eigenvalue weighted by atomic mass is 10.0. The van der Waals surface area contributed by atoms with Crippen LogP contribution in [0.1, 0.15) is 32.3 Å². The number of anilines is 1. The summed E-state index contributed by atoms with van der Waals surface area (Å²) in [6.45, 7) is 4.55. The SMILES string of the molecule is CCc1ccc(O)c(NC(=O)CC(CC)CN)c1. The van der Waals surface area contributed by atoms with E-state index in [0.717, 1.165) is 18.4 Å². The molecule has 4 N–H and O–H groups in total. The monoisotopic (exact) mass is 250 g/mol. The lowest BCUT2D eigenvalue weighted by Crippen LogP contribution is -2.21. The maximum atomic E-state index is 11.8. The van der Waals surface area contributed by atoms with E-state index in [9.17, 15) is 9.90 Å². The van der Waals surface area contributed by atoms with Crippen LogP contribution in [0.3, 0.4) is 0 Å². The van der Waals surface area contributed by atoms with Crippen molar-refractivity contribution in [3.8, 4) is 5.75 Å². The van der Waals surface area contributed by atoms with Crippen molar-refractivity contribution in [1.82, 2.24) is 0 Å². The maximum Gasteiger partial charge on any atom is 0.224 e. The van der Waals surface area contributed by atoms with Gasteiger partial charge in [0.15, 0.2) is 0 Å². The Kier molecular flexibility index (Phi) is 5.65. The summed E-state index contributed by atoms with van der Waals surface area (Å²) >= 11 is 0. The first-order valence-corrected chi connectivity index (χ1v) is 6.42. The van der Waals surface area contributed by atoms with Crippen molar-refractivity contribution >= 4 is 11.6 Å². The van der Waals surface area contributed by atoms with Crippen molar-refractivity contribution < 1.29 is 9.90 Å². The number of rotatable bonds is 6. The average molecular weight is 250 g/mol. The summed E-state index contributed by atoms with van der Waals surface area (Å²) in [6.07, 6.45) is 2.14. The molecule has 0 fully saturated rings. The number of carbonyl (C=O) groups excluding carboxylic acids is 1. The Morgan fingerprint density at radius 1 is 1.44 bits per heavy atom. The van der Waals surface area contributed by atoms with Gasteiger partial charge in [0.1, 0.15) is 5.75 Å². The third kappa shape index (κ3) is 4.04. The predicted octanol–water partition coefficient (Wildman–Crippen LogP) is 2.27. The summed E-state index contributed by atoms with van der Waals surface area (Å²) in [5.74, 6) is 0.193. The molecule has 0 heterocycles. The Hall–Kier alpha value is -1.55. The fourth-order valence-electron chi connectivity index (χ4n) is 1.76. The second-order valence-corrected chi connectivity index (χ2v) is 4.47. The molecule has 0 aliphatic heterocycles. The Morgan fingerprint density at radius 3 is 2.72 bits per heavy atom.